The van der Waals surface area contributed by atoms with Gasteiger partial charge in [-0.05, 0) is 48.4 Å². The van der Waals surface area contributed by atoms with Crippen LogP contribution in [-0.2, 0) is 26.3 Å². The number of nitrogens with one attached hydrogen (secondary N) is 1. The number of carboxylic acids is 1. The molecule has 0 aliphatic heterocycles. The number of halogens is 1. The molecular formula is C20H18ClNO6S3. The van der Waals surface area contributed by atoms with Crippen LogP contribution in [0.25, 0.3) is 10.4 Å². The lowest BCUT2D eigenvalue weighted by molar-refractivity contribution is 0.0696. The smallest absolute Gasteiger partial charge is 0.335 e. The Balaban J connectivity index is 2.18. The summed E-state index contributed by atoms with van der Waals surface area (Å²) in [6, 6.07) is 11.4. The van der Waals surface area contributed by atoms with Crippen LogP contribution in [0.15, 0.2) is 58.3 Å². The van der Waals surface area contributed by atoms with Crippen molar-refractivity contribution in [3.8, 4) is 10.4 Å². The first-order valence-corrected chi connectivity index (χ1v) is 13.5. The Labute approximate surface area is 189 Å². The highest BCUT2D eigenvalue weighted by molar-refractivity contribution is 7.92. The second-order valence-corrected chi connectivity index (χ2v) is 12.1. The van der Waals surface area contributed by atoms with E-state index < -0.39 is 25.8 Å². The molecule has 0 saturated carbocycles. The van der Waals surface area contributed by atoms with Gasteiger partial charge in [0.1, 0.15) is 0 Å². The van der Waals surface area contributed by atoms with Crippen LogP contribution in [0, 0.1) is 0 Å². The number of sulfonamides is 1. The van der Waals surface area contributed by atoms with Crippen molar-refractivity contribution in [2.24, 2.45) is 0 Å². The summed E-state index contributed by atoms with van der Waals surface area (Å²) in [5, 5.41) is 9.26. The van der Waals surface area contributed by atoms with E-state index in [1.54, 1.807) is 19.1 Å². The predicted octanol–water partition coefficient (Wildman–Crippen LogP) is 4.53. The number of carboxylic acid groups (broad SMARTS) is 1. The van der Waals surface area contributed by atoms with E-state index in [4.69, 9.17) is 11.6 Å². The number of rotatable bonds is 7. The van der Waals surface area contributed by atoms with Gasteiger partial charge in [0.2, 0.25) is 0 Å². The van der Waals surface area contributed by atoms with E-state index in [1.165, 1.54) is 41.7 Å². The standard InChI is InChI=1S/C20H18ClNO6S3/c1-3-12-4-5-13(20(23)24)10-18(12)31(27,28)22-16-11-14(30(2,25)26)6-7-15(16)17-8-9-19(21)29-17/h4-11,22H,3H2,1-2H3,(H,23,24). The number of anilines is 1. The highest BCUT2D eigenvalue weighted by Crippen LogP contribution is 2.38. The third-order valence-electron chi connectivity index (χ3n) is 4.49. The Morgan fingerprint density at radius 2 is 1.77 bits per heavy atom. The van der Waals surface area contributed by atoms with Crippen LogP contribution in [-0.4, -0.2) is 34.2 Å². The van der Waals surface area contributed by atoms with Gasteiger partial charge in [-0.2, -0.15) is 0 Å². The molecular weight excluding hydrogens is 482 g/mol. The normalized spacial score (nSPS) is 12.0. The highest BCUT2D eigenvalue weighted by Gasteiger charge is 2.23. The lowest BCUT2D eigenvalue weighted by Gasteiger charge is -2.15. The molecule has 7 nitrogen and oxygen atoms in total. The molecule has 31 heavy (non-hydrogen) atoms. The molecule has 0 saturated heterocycles. The number of benzene rings is 2. The predicted molar refractivity (Wildman–Crippen MR) is 121 cm³/mol. The maximum Gasteiger partial charge on any atom is 0.335 e. The van der Waals surface area contributed by atoms with Crippen LogP contribution < -0.4 is 4.72 Å². The molecule has 2 N–H and O–H groups in total. The fourth-order valence-electron chi connectivity index (χ4n) is 2.94. The zero-order valence-corrected chi connectivity index (χ0v) is 19.6. The Bertz CT molecular complexity index is 1380. The van der Waals surface area contributed by atoms with E-state index in [-0.39, 0.29) is 21.0 Å². The van der Waals surface area contributed by atoms with Crippen LogP contribution in [0.2, 0.25) is 4.34 Å². The van der Waals surface area contributed by atoms with Crippen molar-refractivity contribution in [3.63, 3.8) is 0 Å². The van der Waals surface area contributed by atoms with Crippen molar-refractivity contribution in [1.29, 1.82) is 0 Å². The van der Waals surface area contributed by atoms with Crippen molar-refractivity contribution in [1.82, 2.24) is 0 Å². The van der Waals surface area contributed by atoms with E-state index in [0.29, 0.717) is 26.8 Å². The van der Waals surface area contributed by atoms with Crippen LogP contribution >= 0.6 is 22.9 Å². The molecule has 0 amide bonds. The van der Waals surface area contributed by atoms with Crippen molar-refractivity contribution in [3.05, 3.63) is 64.0 Å². The summed E-state index contributed by atoms with van der Waals surface area (Å²) in [6.07, 6.45) is 1.38. The SMILES string of the molecule is CCc1ccc(C(=O)O)cc1S(=O)(=O)Nc1cc(S(C)(=O)=O)ccc1-c1ccc(Cl)s1. The van der Waals surface area contributed by atoms with Gasteiger partial charge in [-0.3, -0.25) is 4.72 Å². The third kappa shape index (κ3) is 5.09. The topological polar surface area (TPSA) is 118 Å². The Hall–Kier alpha value is -2.40. The summed E-state index contributed by atoms with van der Waals surface area (Å²) in [6.45, 7) is 1.75. The molecule has 164 valence electrons. The monoisotopic (exact) mass is 499 g/mol. The maximum atomic E-state index is 13.2. The molecule has 0 aliphatic rings. The van der Waals surface area contributed by atoms with Crippen molar-refractivity contribution in [2.45, 2.75) is 23.1 Å². The molecule has 0 atom stereocenters. The van der Waals surface area contributed by atoms with Gasteiger partial charge in [0.05, 0.1) is 25.4 Å². The maximum absolute atomic E-state index is 13.2. The van der Waals surface area contributed by atoms with E-state index >= 15 is 0 Å². The van der Waals surface area contributed by atoms with E-state index in [1.807, 2.05) is 0 Å². The van der Waals surface area contributed by atoms with Gasteiger partial charge in [-0.25, -0.2) is 21.6 Å². The highest BCUT2D eigenvalue weighted by atomic mass is 35.5. The molecule has 0 fully saturated rings. The van der Waals surface area contributed by atoms with Gasteiger partial charge in [-0.1, -0.05) is 30.7 Å². The summed E-state index contributed by atoms with van der Waals surface area (Å²) in [4.78, 5) is 11.7. The lowest BCUT2D eigenvalue weighted by atomic mass is 10.1. The molecule has 1 heterocycles. The summed E-state index contributed by atoms with van der Waals surface area (Å²) < 4.78 is 53.5. The average Bonchev–Trinajstić information content (AvgIpc) is 3.12. The molecule has 1 aromatic heterocycles. The molecule has 0 bridgehead atoms. The van der Waals surface area contributed by atoms with Crippen molar-refractivity contribution < 1.29 is 26.7 Å². The summed E-state index contributed by atoms with van der Waals surface area (Å²) in [5.41, 5.74) is 0.745. The minimum absolute atomic E-state index is 0.0456. The zero-order valence-electron chi connectivity index (χ0n) is 16.4. The summed E-state index contributed by atoms with van der Waals surface area (Å²) in [5.74, 6) is -1.26. The fraction of sp³-hybridized carbons (Fsp3) is 0.150. The second kappa shape index (κ2) is 8.62. The molecule has 0 unspecified atom stereocenters. The lowest BCUT2D eigenvalue weighted by Crippen LogP contribution is -2.17. The summed E-state index contributed by atoms with van der Waals surface area (Å²) in [7, 11) is -7.84. The number of aromatic carboxylic acids is 1. The fourth-order valence-corrected chi connectivity index (χ4v) is 6.08. The van der Waals surface area contributed by atoms with Crippen LogP contribution in [0.3, 0.4) is 0 Å². The van der Waals surface area contributed by atoms with Crippen molar-refractivity contribution >= 4 is 54.5 Å². The van der Waals surface area contributed by atoms with E-state index in [9.17, 15) is 26.7 Å². The number of hydrogen-bond acceptors (Lipinski definition) is 6. The van der Waals surface area contributed by atoms with E-state index in [2.05, 4.69) is 4.72 Å². The first kappa shape index (κ1) is 23.3. The Kier molecular flexibility index (Phi) is 6.47. The van der Waals surface area contributed by atoms with Crippen LogP contribution in [0.1, 0.15) is 22.8 Å². The first-order valence-electron chi connectivity index (χ1n) is 8.91. The largest absolute Gasteiger partial charge is 0.478 e. The first-order chi connectivity index (χ1) is 14.4. The quantitative estimate of drug-likeness (QED) is 0.493. The third-order valence-corrected chi connectivity index (χ3v) is 8.31. The van der Waals surface area contributed by atoms with Gasteiger partial charge < -0.3 is 5.11 Å². The Morgan fingerprint density at radius 1 is 1.06 bits per heavy atom. The minimum Gasteiger partial charge on any atom is -0.478 e. The van der Waals surface area contributed by atoms with Crippen LogP contribution in [0.4, 0.5) is 5.69 Å². The molecule has 3 rings (SSSR count). The van der Waals surface area contributed by atoms with Crippen LogP contribution in [0.5, 0.6) is 0 Å². The molecule has 11 heteroatoms. The molecule has 3 aromatic rings. The van der Waals surface area contributed by atoms with E-state index in [0.717, 1.165) is 12.3 Å². The second-order valence-electron chi connectivity index (χ2n) is 6.67. The van der Waals surface area contributed by atoms with Gasteiger partial charge in [-0.15, -0.1) is 11.3 Å². The van der Waals surface area contributed by atoms with Gasteiger partial charge in [0, 0.05) is 16.7 Å². The average molecular weight is 500 g/mol. The number of thiophene rings is 1. The molecule has 0 aliphatic carbocycles. The molecule has 2 aromatic carbocycles. The van der Waals surface area contributed by atoms with Gasteiger partial charge in [0.15, 0.2) is 9.84 Å². The summed E-state index contributed by atoms with van der Waals surface area (Å²) >= 11 is 7.22. The van der Waals surface area contributed by atoms with Gasteiger partial charge in [0.25, 0.3) is 10.0 Å². The Morgan fingerprint density at radius 3 is 2.32 bits per heavy atom. The molecule has 0 spiro atoms. The zero-order chi connectivity index (χ0) is 23.0. The number of aryl methyl sites for hydroxylation is 1. The number of sulfone groups is 1. The van der Waals surface area contributed by atoms with Crippen molar-refractivity contribution in [2.75, 3.05) is 11.0 Å². The van der Waals surface area contributed by atoms with Gasteiger partial charge >= 0.3 is 5.97 Å². The molecule has 0 radical (unpaired) electrons. The number of carbonyl (C=O) groups is 1. The minimum atomic E-state index is -4.23. The number of hydrogen-bond donors (Lipinski definition) is 2.